The minimum Gasteiger partial charge on any atom is -0.322 e. The van der Waals surface area contributed by atoms with E-state index in [0.29, 0.717) is 5.92 Å². The van der Waals surface area contributed by atoms with Crippen LogP contribution in [0.2, 0.25) is 0 Å². The molecule has 0 aliphatic rings. The lowest BCUT2D eigenvalue weighted by Gasteiger charge is -2.00. The number of H-pyrrole nitrogens is 1. The third-order valence-electron chi connectivity index (χ3n) is 2.00. The van der Waals surface area contributed by atoms with Gasteiger partial charge in [0.1, 0.15) is 5.82 Å². The first kappa shape index (κ1) is 9.19. The molecule has 4 heteroatoms. The predicted molar refractivity (Wildman–Crippen MR) is 47.7 cm³/mol. The Morgan fingerprint density at radius 2 is 2.17 bits per heavy atom. The molecule has 68 valence electrons. The van der Waals surface area contributed by atoms with Gasteiger partial charge < -0.3 is 5.73 Å². The molecule has 0 fully saturated rings. The van der Waals surface area contributed by atoms with Crippen LogP contribution in [0, 0.1) is 0 Å². The van der Waals surface area contributed by atoms with Crippen LogP contribution in [0.3, 0.4) is 0 Å². The van der Waals surface area contributed by atoms with Gasteiger partial charge in [-0.1, -0.05) is 13.8 Å². The summed E-state index contributed by atoms with van der Waals surface area (Å²) in [5.41, 5.74) is 5.63. The van der Waals surface area contributed by atoms with Gasteiger partial charge in [0.2, 0.25) is 0 Å². The minimum atomic E-state index is -0.0599. The zero-order chi connectivity index (χ0) is 9.14. The maximum atomic E-state index is 5.63. The van der Waals surface area contributed by atoms with Crippen molar-refractivity contribution in [3.8, 4) is 0 Å². The lowest BCUT2D eigenvalue weighted by atomic mass is 10.1. The van der Waals surface area contributed by atoms with Crippen LogP contribution in [0.4, 0.5) is 0 Å². The van der Waals surface area contributed by atoms with E-state index in [1.54, 1.807) is 0 Å². The molecule has 1 rings (SSSR count). The molecule has 0 bridgehead atoms. The molecule has 4 nitrogen and oxygen atoms in total. The van der Waals surface area contributed by atoms with E-state index in [9.17, 15) is 0 Å². The number of hydrogen-bond acceptors (Lipinski definition) is 3. The van der Waals surface area contributed by atoms with Crippen LogP contribution in [0.1, 0.15) is 50.8 Å². The van der Waals surface area contributed by atoms with E-state index < -0.39 is 0 Å². The summed E-state index contributed by atoms with van der Waals surface area (Å²) >= 11 is 0. The van der Waals surface area contributed by atoms with Crippen LogP contribution >= 0.6 is 0 Å². The van der Waals surface area contributed by atoms with Crippen LogP contribution in [0.5, 0.6) is 0 Å². The Kier molecular flexibility index (Phi) is 2.81. The summed E-state index contributed by atoms with van der Waals surface area (Å²) in [4.78, 5) is 4.29. The van der Waals surface area contributed by atoms with Crippen LogP contribution in [-0.2, 0) is 0 Å². The van der Waals surface area contributed by atoms with E-state index in [4.69, 9.17) is 5.73 Å². The van der Waals surface area contributed by atoms with Gasteiger partial charge in [-0.15, -0.1) is 0 Å². The van der Waals surface area contributed by atoms with Crippen LogP contribution in [0.15, 0.2) is 0 Å². The monoisotopic (exact) mass is 168 g/mol. The maximum Gasteiger partial charge on any atom is 0.153 e. The summed E-state index contributed by atoms with van der Waals surface area (Å²) < 4.78 is 0. The molecule has 0 aromatic carbocycles. The molecule has 0 spiro atoms. The second kappa shape index (κ2) is 3.67. The zero-order valence-electron chi connectivity index (χ0n) is 7.83. The SMILES string of the molecule is CCC(C)c1n[nH]c([C@H](C)N)n1. The summed E-state index contributed by atoms with van der Waals surface area (Å²) in [5, 5.41) is 6.93. The van der Waals surface area contributed by atoms with Crippen molar-refractivity contribution in [3.63, 3.8) is 0 Å². The molecule has 0 saturated heterocycles. The average Bonchev–Trinajstić information content (AvgIpc) is 2.51. The molecule has 0 aliphatic carbocycles. The van der Waals surface area contributed by atoms with Gasteiger partial charge in [-0.25, -0.2) is 4.98 Å². The van der Waals surface area contributed by atoms with Crippen molar-refractivity contribution in [1.29, 1.82) is 0 Å². The van der Waals surface area contributed by atoms with Crippen LogP contribution in [0.25, 0.3) is 0 Å². The molecule has 0 saturated carbocycles. The highest BCUT2D eigenvalue weighted by Gasteiger charge is 2.11. The van der Waals surface area contributed by atoms with Crippen molar-refractivity contribution in [1.82, 2.24) is 15.2 Å². The molecule has 1 unspecified atom stereocenters. The normalized spacial score (nSPS) is 16.0. The Bertz CT molecular complexity index is 241. The third-order valence-corrected chi connectivity index (χ3v) is 2.00. The third kappa shape index (κ3) is 1.82. The first-order valence-electron chi connectivity index (χ1n) is 4.33. The maximum absolute atomic E-state index is 5.63. The Balaban J connectivity index is 2.77. The number of rotatable bonds is 3. The molecule has 0 amide bonds. The topological polar surface area (TPSA) is 67.6 Å². The summed E-state index contributed by atoms with van der Waals surface area (Å²) in [6.45, 7) is 6.11. The minimum absolute atomic E-state index is 0.0599. The lowest BCUT2D eigenvalue weighted by molar-refractivity contribution is 0.680. The van der Waals surface area contributed by atoms with E-state index in [0.717, 1.165) is 18.1 Å². The molecule has 1 heterocycles. The molecule has 2 atom stereocenters. The van der Waals surface area contributed by atoms with Crippen LogP contribution < -0.4 is 5.73 Å². The molecular weight excluding hydrogens is 152 g/mol. The fraction of sp³-hybridized carbons (Fsp3) is 0.750. The number of aromatic amines is 1. The lowest BCUT2D eigenvalue weighted by Crippen LogP contribution is -2.07. The highest BCUT2D eigenvalue weighted by atomic mass is 15.2. The van der Waals surface area contributed by atoms with E-state index in [1.807, 2.05) is 6.92 Å². The first-order valence-corrected chi connectivity index (χ1v) is 4.33. The van der Waals surface area contributed by atoms with Gasteiger partial charge in [0.25, 0.3) is 0 Å². The Morgan fingerprint density at radius 1 is 1.50 bits per heavy atom. The van der Waals surface area contributed by atoms with Gasteiger partial charge in [-0.3, -0.25) is 5.10 Å². The van der Waals surface area contributed by atoms with Crippen molar-refractivity contribution >= 4 is 0 Å². The summed E-state index contributed by atoms with van der Waals surface area (Å²) in [6.07, 6.45) is 1.05. The standard InChI is InChI=1S/C8H16N4/c1-4-5(2)7-10-8(6(3)9)12-11-7/h5-6H,4,9H2,1-3H3,(H,10,11,12)/t5?,6-/m0/s1. The Labute approximate surface area is 72.6 Å². The van der Waals surface area contributed by atoms with E-state index in [-0.39, 0.29) is 6.04 Å². The van der Waals surface area contributed by atoms with Gasteiger partial charge in [0, 0.05) is 5.92 Å². The van der Waals surface area contributed by atoms with Gasteiger partial charge >= 0.3 is 0 Å². The predicted octanol–water partition coefficient (Wildman–Crippen LogP) is 1.34. The number of nitrogens with two attached hydrogens (primary N) is 1. The Morgan fingerprint density at radius 3 is 2.58 bits per heavy atom. The molecule has 0 radical (unpaired) electrons. The number of hydrogen-bond donors (Lipinski definition) is 2. The molecule has 12 heavy (non-hydrogen) atoms. The highest BCUT2D eigenvalue weighted by Crippen LogP contribution is 2.14. The van der Waals surface area contributed by atoms with E-state index >= 15 is 0 Å². The van der Waals surface area contributed by atoms with Crippen LogP contribution in [-0.4, -0.2) is 15.2 Å². The number of nitrogens with zero attached hydrogens (tertiary/aromatic N) is 2. The Hall–Kier alpha value is -0.900. The van der Waals surface area contributed by atoms with Gasteiger partial charge in [0.15, 0.2) is 5.82 Å². The first-order chi connectivity index (χ1) is 5.65. The number of nitrogens with one attached hydrogen (secondary N) is 1. The van der Waals surface area contributed by atoms with Gasteiger partial charge in [-0.2, -0.15) is 5.10 Å². The van der Waals surface area contributed by atoms with Gasteiger partial charge in [-0.05, 0) is 13.3 Å². The average molecular weight is 168 g/mol. The second-order valence-corrected chi connectivity index (χ2v) is 3.18. The fourth-order valence-corrected chi connectivity index (χ4v) is 0.895. The highest BCUT2D eigenvalue weighted by molar-refractivity contribution is 4.98. The zero-order valence-corrected chi connectivity index (χ0v) is 7.83. The van der Waals surface area contributed by atoms with Crippen molar-refractivity contribution in [2.75, 3.05) is 0 Å². The molecular formula is C8H16N4. The van der Waals surface area contributed by atoms with Crippen molar-refractivity contribution in [2.45, 2.75) is 39.2 Å². The van der Waals surface area contributed by atoms with E-state index in [1.165, 1.54) is 0 Å². The van der Waals surface area contributed by atoms with E-state index in [2.05, 4.69) is 29.0 Å². The fourth-order valence-electron chi connectivity index (χ4n) is 0.895. The number of aromatic nitrogens is 3. The summed E-state index contributed by atoms with van der Waals surface area (Å²) in [7, 11) is 0. The summed E-state index contributed by atoms with van der Waals surface area (Å²) in [6, 6.07) is -0.0599. The summed E-state index contributed by atoms with van der Waals surface area (Å²) in [5.74, 6) is 2.05. The van der Waals surface area contributed by atoms with Crippen molar-refractivity contribution in [2.24, 2.45) is 5.73 Å². The largest absolute Gasteiger partial charge is 0.322 e. The smallest absolute Gasteiger partial charge is 0.153 e. The molecule has 3 N–H and O–H groups in total. The van der Waals surface area contributed by atoms with Crippen molar-refractivity contribution in [3.05, 3.63) is 11.6 Å². The molecule has 1 aromatic heterocycles. The molecule has 1 aromatic rings. The van der Waals surface area contributed by atoms with Crippen molar-refractivity contribution < 1.29 is 0 Å². The van der Waals surface area contributed by atoms with Gasteiger partial charge in [0.05, 0.1) is 6.04 Å². The quantitative estimate of drug-likeness (QED) is 0.715. The molecule has 0 aliphatic heterocycles. The second-order valence-electron chi connectivity index (χ2n) is 3.18.